The number of amides is 2. The maximum absolute atomic E-state index is 13.4. The fraction of sp³-hybridized carbons (Fsp3) is 0.292. The molecule has 11 nitrogen and oxygen atoms in total. The van der Waals surface area contributed by atoms with Crippen molar-refractivity contribution in [3.8, 4) is 5.75 Å². The van der Waals surface area contributed by atoms with Gasteiger partial charge in [0, 0.05) is 37.4 Å². The first kappa shape index (κ1) is 32.2. The highest BCUT2D eigenvalue weighted by atomic mass is 35.5. The monoisotopic (exact) mass is 650 g/mol. The first-order valence-corrected chi connectivity index (χ1v) is 14.7. The normalized spacial score (nSPS) is 12.7. The van der Waals surface area contributed by atoms with Gasteiger partial charge < -0.3 is 29.8 Å². The van der Waals surface area contributed by atoms with Crippen molar-refractivity contribution in [2.45, 2.75) is 19.3 Å². The number of nitrogens with one attached hydrogen (secondary N) is 2. The molecule has 0 aliphatic carbocycles. The second-order valence-corrected chi connectivity index (χ2v) is 11.3. The van der Waals surface area contributed by atoms with Gasteiger partial charge in [-0.3, -0.25) is 14.5 Å². The summed E-state index contributed by atoms with van der Waals surface area (Å²) in [5, 5.41) is 17.4. The summed E-state index contributed by atoms with van der Waals surface area (Å²) in [6.07, 6.45) is 0.374. The molecular formula is C24H25Cl3N4O7S2. The highest BCUT2D eigenvalue weighted by Gasteiger charge is 2.24. The molecule has 2 unspecified atom stereocenters. The summed E-state index contributed by atoms with van der Waals surface area (Å²) in [5.74, 6) is -1.10. The Bertz CT molecular complexity index is 1380. The number of methoxy groups -OCH3 is 1. The molecule has 4 N–H and O–H groups in total. The average Bonchev–Trinajstić information content (AvgIpc) is 3.25. The molecular weight excluding hydrogens is 627 g/mol. The van der Waals surface area contributed by atoms with E-state index in [0.717, 1.165) is 11.3 Å². The van der Waals surface area contributed by atoms with E-state index in [4.69, 9.17) is 48.8 Å². The Labute approximate surface area is 251 Å². The topological polar surface area (TPSA) is 150 Å². The number of ether oxygens (including phenoxy) is 2. The van der Waals surface area contributed by atoms with Crippen LogP contribution in [0.3, 0.4) is 0 Å². The predicted octanol–water partition coefficient (Wildman–Crippen LogP) is 4.95. The first-order valence-electron chi connectivity index (χ1n) is 11.4. The number of carbonyl (C=O) groups excluding carboxylic acids is 2. The van der Waals surface area contributed by atoms with E-state index in [1.54, 1.807) is 23.4 Å². The van der Waals surface area contributed by atoms with E-state index in [9.17, 15) is 18.9 Å². The van der Waals surface area contributed by atoms with Gasteiger partial charge in [0.15, 0.2) is 17.4 Å². The zero-order valence-corrected chi connectivity index (χ0v) is 25.1. The largest absolute Gasteiger partial charge is 0.491 e. The number of hydrogen-bond donors (Lipinski definition) is 4. The number of aliphatic hydroxyl groups is 1. The minimum absolute atomic E-state index is 0.00609. The quantitative estimate of drug-likeness (QED) is 0.149. The molecule has 0 spiro atoms. The maximum atomic E-state index is 13.4. The lowest BCUT2D eigenvalue weighted by Crippen LogP contribution is -2.22. The van der Waals surface area contributed by atoms with Gasteiger partial charge in [-0.2, -0.15) is 0 Å². The molecule has 3 rings (SSSR count). The van der Waals surface area contributed by atoms with E-state index in [1.165, 1.54) is 31.5 Å². The number of benzene rings is 1. The van der Waals surface area contributed by atoms with E-state index in [0.29, 0.717) is 10.6 Å². The Morgan fingerprint density at radius 3 is 2.58 bits per heavy atom. The van der Waals surface area contributed by atoms with E-state index in [-0.39, 0.29) is 63.2 Å². The lowest BCUT2D eigenvalue weighted by atomic mass is 10.1. The summed E-state index contributed by atoms with van der Waals surface area (Å²) in [7, 11) is 2.98. The Morgan fingerprint density at radius 2 is 1.93 bits per heavy atom. The molecule has 0 aliphatic rings. The van der Waals surface area contributed by atoms with Crippen molar-refractivity contribution < 1.29 is 32.9 Å². The molecule has 0 aliphatic heterocycles. The van der Waals surface area contributed by atoms with Gasteiger partial charge in [0.05, 0.1) is 27.9 Å². The van der Waals surface area contributed by atoms with Crippen molar-refractivity contribution in [2.75, 3.05) is 37.3 Å². The molecule has 40 heavy (non-hydrogen) atoms. The van der Waals surface area contributed by atoms with Crippen LogP contribution in [0.4, 0.5) is 11.5 Å². The number of nitrogens with zero attached hydrogens (tertiary/aromatic N) is 2. The van der Waals surface area contributed by atoms with Gasteiger partial charge in [0.25, 0.3) is 11.8 Å². The van der Waals surface area contributed by atoms with Crippen LogP contribution >= 0.6 is 46.1 Å². The summed E-state index contributed by atoms with van der Waals surface area (Å²) >= 11 is 17.7. The molecule has 0 bridgehead atoms. The van der Waals surface area contributed by atoms with Crippen LogP contribution in [0, 0.1) is 0 Å². The molecule has 2 amide bonds. The number of rotatable bonds is 13. The molecule has 2 atom stereocenters. The molecule has 0 saturated heterocycles. The highest BCUT2D eigenvalue weighted by Crippen LogP contribution is 2.36. The number of aliphatic hydroxyl groups excluding tert-OH is 1. The summed E-state index contributed by atoms with van der Waals surface area (Å²) < 4.78 is 30.8. The number of hydrogen-bond acceptors (Lipinski definition) is 9. The predicted molar refractivity (Wildman–Crippen MR) is 156 cm³/mol. The van der Waals surface area contributed by atoms with Crippen LogP contribution in [-0.2, 0) is 22.4 Å². The molecule has 3 aromatic rings. The summed E-state index contributed by atoms with van der Waals surface area (Å²) in [5.41, 5.74) is 0.558. The molecule has 1 aromatic carbocycles. The molecule has 0 saturated carbocycles. The van der Waals surface area contributed by atoms with E-state index in [1.807, 2.05) is 0 Å². The smallest absolute Gasteiger partial charge is 0.267 e. The second-order valence-electron chi connectivity index (χ2n) is 8.29. The van der Waals surface area contributed by atoms with Crippen LogP contribution in [0.15, 0.2) is 35.8 Å². The van der Waals surface area contributed by atoms with Crippen molar-refractivity contribution in [3.63, 3.8) is 0 Å². The lowest BCUT2D eigenvalue weighted by Gasteiger charge is -2.18. The van der Waals surface area contributed by atoms with Crippen molar-refractivity contribution in [2.24, 2.45) is 0 Å². The third-order valence-corrected chi connectivity index (χ3v) is 7.87. The second kappa shape index (κ2) is 15.1. The average molecular weight is 652 g/mol. The Kier molecular flexibility index (Phi) is 12.1. The van der Waals surface area contributed by atoms with Gasteiger partial charge in [-0.15, -0.1) is 11.3 Å². The number of carbonyl (C=O) groups is 2. The van der Waals surface area contributed by atoms with Crippen molar-refractivity contribution in [3.05, 3.63) is 66.9 Å². The van der Waals surface area contributed by atoms with Gasteiger partial charge in [-0.05, 0) is 36.2 Å². The van der Waals surface area contributed by atoms with E-state index in [2.05, 4.69) is 15.6 Å². The van der Waals surface area contributed by atoms with Crippen LogP contribution in [0.5, 0.6) is 5.75 Å². The van der Waals surface area contributed by atoms with Gasteiger partial charge in [0.1, 0.15) is 22.3 Å². The minimum atomic E-state index is -2.03. The molecule has 16 heteroatoms. The third kappa shape index (κ3) is 9.09. The minimum Gasteiger partial charge on any atom is -0.491 e. The maximum Gasteiger partial charge on any atom is 0.267 e. The van der Waals surface area contributed by atoms with Gasteiger partial charge in [-0.25, -0.2) is 9.19 Å². The number of anilines is 2. The summed E-state index contributed by atoms with van der Waals surface area (Å²) in [6.45, 7) is 0.203. The van der Waals surface area contributed by atoms with Crippen molar-refractivity contribution >= 4 is 80.5 Å². The highest BCUT2D eigenvalue weighted by molar-refractivity contribution is 7.79. The van der Waals surface area contributed by atoms with Crippen molar-refractivity contribution in [1.82, 2.24) is 9.88 Å². The van der Waals surface area contributed by atoms with Crippen LogP contribution in [-0.4, -0.2) is 68.5 Å². The van der Waals surface area contributed by atoms with Crippen LogP contribution in [0.2, 0.25) is 15.1 Å². The molecule has 0 radical (unpaired) electrons. The lowest BCUT2D eigenvalue weighted by molar-refractivity contribution is -0.0834. The summed E-state index contributed by atoms with van der Waals surface area (Å²) in [6, 6.07) is 5.82. The Balaban J connectivity index is 1.93. The molecule has 2 heterocycles. The fourth-order valence-electron chi connectivity index (χ4n) is 3.36. The van der Waals surface area contributed by atoms with Crippen molar-refractivity contribution in [1.29, 1.82) is 0 Å². The van der Waals surface area contributed by atoms with E-state index >= 15 is 0 Å². The molecule has 2 aromatic heterocycles. The number of halogens is 3. The Hall–Kier alpha value is -2.33. The van der Waals surface area contributed by atoms with Gasteiger partial charge in [-0.1, -0.05) is 34.8 Å². The fourth-order valence-corrected chi connectivity index (χ4v) is 5.39. The standard InChI is InChI=1S/C24H25Cl3N4O7S2/c1-31(12-40(35)36)10-13-11-39-22(20(13)27)24(34)30-21-16(23(33)29-18-4-3-14(25)9-28-18)7-15(26)8-17(21)38-6-5-19(32)37-2/h3-4,7-9,11,19,32H,5-6,10,12H2,1-2H3,(H,30,34)(H,35,36)(H,28,29,33). The van der Waals surface area contributed by atoms with Gasteiger partial charge >= 0.3 is 0 Å². The van der Waals surface area contributed by atoms with Crippen LogP contribution < -0.4 is 15.4 Å². The number of pyridine rings is 1. The van der Waals surface area contributed by atoms with Gasteiger partial charge in [0.2, 0.25) is 0 Å². The zero-order chi connectivity index (χ0) is 29.4. The van der Waals surface area contributed by atoms with Crippen LogP contribution in [0.25, 0.3) is 0 Å². The molecule has 216 valence electrons. The summed E-state index contributed by atoms with van der Waals surface area (Å²) in [4.78, 5) is 32.4. The number of thiophene rings is 1. The van der Waals surface area contributed by atoms with Crippen LogP contribution in [0.1, 0.15) is 32.0 Å². The SMILES string of the molecule is COC(O)CCOc1cc(Cl)cc(C(=O)Nc2ccc(Cl)cn2)c1NC(=O)c1scc(CN(C)CS(=O)O)c1Cl. The zero-order valence-electron chi connectivity index (χ0n) is 21.2. The Morgan fingerprint density at radius 1 is 1.18 bits per heavy atom. The van der Waals surface area contributed by atoms with E-state index < -0.39 is 29.2 Å². The number of aromatic nitrogens is 1. The first-order chi connectivity index (χ1) is 19.0. The molecule has 0 fully saturated rings. The third-order valence-electron chi connectivity index (χ3n) is 5.19.